The van der Waals surface area contributed by atoms with Crippen molar-refractivity contribution < 1.29 is 9.13 Å². The third kappa shape index (κ3) is 2.81. The lowest BCUT2D eigenvalue weighted by Gasteiger charge is -2.04. The van der Waals surface area contributed by atoms with E-state index in [0.29, 0.717) is 0 Å². The number of aliphatic imine (C=N–C) groups is 1. The van der Waals surface area contributed by atoms with Gasteiger partial charge in [-0.1, -0.05) is 12.1 Å². The molecule has 0 bridgehead atoms. The van der Waals surface area contributed by atoms with Crippen molar-refractivity contribution in [2.24, 2.45) is 4.99 Å². The van der Waals surface area contributed by atoms with E-state index in [1.807, 2.05) is 37.3 Å². The van der Waals surface area contributed by atoms with Crippen molar-refractivity contribution in [2.45, 2.75) is 6.92 Å². The third-order valence-electron chi connectivity index (χ3n) is 3.38. The molecule has 1 aromatic heterocycles. The number of halogens is 1. The van der Waals surface area contributed by atoms with Crippen LogP contribution in [0.3, 0.4) is 0 Å². The van der Waals surface area contributed by atoms with E-state index in [-0.39, 0.29) is 11.6 Å². The molecule has 3 nitrogen and oxygen atoms in total. The van der Waals surface area contributed by atoms with E-state index in [1.54, 1.807) is 18.3 Å². The fourth-order valence-corrected chi connectivity index (χ4v) is 2.25. The van der Waals surface area contributed by atoms with Crippen LogP contribution in [0.4, 0.5) is 10.1 Å². The van der Waals surface area contributed by atoms with Crippen LogP contribution in [0.1, 0.15) is 11.3 Å². The number of fused-ring (bicyclic) bond motifs is 1. The molecule has 110 valence electrons. The van der Waals surface area contributed by atoms with E-state index in [1.165, 1.54) is 13.2 Å². The lowest BCUT2D eigenvalue weighted by molar-refractivity contribution is 0.386. The number of pyridine rings is 1. The maximum atomic E-state index is 13.4. The zero-order valence-electron chi connectivity index (χ0n) is 12.4. The second-order valence-electron chi connectivity index (χ2n) is 4.95. The molecule has 0 aliphatic carbocycles. The Balaban J connectivity index is 1.99. The van der Waals surface area contributed by atoms with Crippen LogP contribution in [0.25, 0.3) is 10.9 Å². The molecule has 0 amide bonds. The molecule has 0 aliphatic rings. The first-order chi connectivity index (χ1) is 10.7. The summed E-state index contributed by atoms with van der Waals surface area (Å²) < 4.78 is 18.4. The number of ether oxygens (including phenoxy) is 1. The first-order valence-electron chi connectivity index (χ1n) is 6.91. The van der Waals surface area contributed by atoms with E-state index in [4.69, 9.17) is 4.74 Å². The van der Waals surface area contributed by atoms with Gasteiger partial charge in [0, 0.05) is 17.3 Å². The van der Waals surface area contributed by atoms with Crippen LogP contribution in [0.5, 0.6) is 5.75 Å². The quantitative estimate of drug-likeness (QED) is 0.669. The third-order valence-corrected chi connectivity index (χ3v) is 3.38. The van der Waals surface area contributed by atoms with Gasteiger partial charge < -0.3 is 4.74 Å². The van der Waals surface area contributed by atoms with Crippen molar-refractivity contribution in [3.8, 4) is 5.75 Å². The molecule has 3 rings (SSSR count). The zero-order valence-corrected chi connectivity index (χ0v) is 12.4. The summed E-state index contributed by atoms with van der Waals surface area (Å²) in [5.74, 6) is -0.177. The van der Waals surface area contributed by atoms with Gasteiger partial charge in [-0.3, -0.25) is 9.98 Å². The summed E-state index contributed by atoms with van der Waals surface area (Å²) in [6.45, 7) is 1.96. The molecule has 0 fully saturated rings. The van der Waals surface area contributed by atoms with Gasteiger partial charge in [-0.25, -0.2) is 4.39 Å². The van der Waals surface area contributed by atoms with E-state index < -0.39 is 0 Å². The SMILES string of the molecule is COc1cc(/C=N\c2cccc3nc(C)ccc23)ccc1F. The Morgan fingerprint density at radius 3 is 2.82 bits per heavy atom. The van der Waals surface area contributed by atoms with E-state index >= 15 is 0 Å². The predicted octanol–water partition coefficient (Wildman–Crippen LogP) is 4.44. The molecule has 0 radical (unpaired) electrons. The minimum atomic E-state index is -0.385. The van der Waals surface area contributed by atoms with Crippen LogP contribution in [-0.2, 0) is 0 Å². The molecular formula is C18H15FN2O. The van der Waals surface area contributed by atoms with Crippen molar-refractivity contribution in [2.75, 3.05) is 7.11 Å². The van der Waals surface area contributed by atoms with Gasteiger partial charge in [0.05, 0.1) is 18.3 Å². The monoisotopic (exact) mass is 294 g/mol. The van der Waals surface area contributed by atoms with E-state index in [9.17, 15) is 4.39 Å². The fourth-order valence-electron chi connectivity index (χ4n) is 2.25. The Bertz CT molecular complexity index is 859. The summed E-state index contributed by atoms with van der Waals surface area (Å²) >= 11 is 0. The van der Waals surface area contributed by atoms with Crippen molar-refractivity contribution in [1.82, 2.24) is 4.98 Å². The lowest BCUT2D eigenvalue weighted by atomic mass is 10.1. The normalized spacial score (nSPS) is 11.2. The molecule has 2 aromatic carbocycles. The molecule has 1 heterocycles. The topological polar surface area (TPSA) is 34.5 Å². The fraction of sp³-hybridized carbons (Fsp3) is 0.111. The molecule has 0 spiro atoms. The maximum Gasteiger partial charge on any atom is 0.165 e. The average molecular weight is 294 g/mol. The van der Waals surface area contributed by atoms with Gasteiger partial charge in [-0.2, -0.15) is 0 Å². The summed E-state index contributed by atoms with van der Waals surface area (Å²) in [5.41, 5.74) is 3.48. The second kappa shape index (κ2) is 5.93. The minimum absolute atomic E-state index is 0.208. The highest BCUT2D eigenvalue weighted by molar-refractivity contribution is 5.93. The number of hydrogen-bond acceptors (Lipinski definition) is 3. The van der Waals surface area contributed by atoms with Gasteiger partial charge in [0.1, 0.15) is 0 Å². The van der Waals surface area contributed by atoms with Gasteiger partial charge in [-0.05, 0) is 48.9 Å². The van der Waals surface area contributed by atoms with Gasteiger partial charge in [0.25, 0.3) is 0 Å². The molecule has 0 atom stereocenters. The summed E-state index contributed by atoms with van der Waals surface area (Å²) in [6.07, 6.45) is 1.69. The molecule has 0 saturated heterocycles. The molecular weight excluding hydrogens is 279 g/mol. The Kier molecular flexibility index (Phi) is 3.83. The number of nitrogens with zero attached hydrogens (tertiary/aromatic N) is 2. The molecule has 22 heavy (non-hydrogen) atoms. The second-order valence-corrected chi connectivity index (χ2v) is 4.95. The highest BCUT2D eigenvalue weighted by Gasteiger charge is 2.03. The van der Waals surface area contributed by atoms with Crippen LogP contribution >= 0.6 is 0 Å². The number of rotatable bonds is 3. The number of benzene rings is 2. The first-order valence-corrected chi connectivity index (χ1v) is 6.91. The minimum Gasteiger partial charge on any atom is -0.494 e. The lowest BCUT2D eigenvalue weighted by Crippen LogP contribution is -1.90. The van der Waals surface area contributed by atoms with Crippen molar-refractivity contribution in [1.29, 1.82) is 0 Å². The average Bonchev–Trinajstić information content (AvgIpc) is 2.53. The molecule has 0 saturated carbocycles. The van der Waals surface area contributed by atoms with Gasteiger partial charge in [-0.15, -0.1) is 0 Å². The zero-order chi connectivity index (χ0) is 15.5. The van der Waals surface area contributed by atoms with Gasteiger partial charge in [0.2, 0.25) is 0 Å². The van der Waals surface area contributed by atoms with Crippen LogP contribution in [0, 0.1) is 12.7 Å². The van der Waals surface area contributed by atoms with Crippen molar-refractivity contribution in [3.63, 3.8) is 0 Å². The number of aryl methyl sites for hydroxylation is 1. The van der Waals surface area contributed by atoms with Gasteiger partial charge >= 0.3 is 0 Å². The summed E-state index contributed by atoms with van der Waals surface area (Å²) in [6, 6.07) is 14.4. The standard InChI is InChI=1S/C18H15FN2O/c1-12-6-8-14-16(4-3-5-17(14)21-12)20-11-13-7-9-15(19)18(10-13)22-2/h3-11H,1-2H3/b20-11-. The first kappa shape index (κ1) is 14.2. The number of hydrogen-bond donors (Lipinski definition) is 0. The summed E-state index contributed by atoms with van der Waals surface area (Å²) in [5, 5.41) is 0.985. The van der Waals surface area contributed by atoms with Crippen LogP contribution in [-0.4, -0.2) is 18.3 Å². The Morgan fingerprint density at radius 2 is 2.00 bits per heavy atom. The Hall–Kier alpha value is -2.75. The molecule has 3 aromatic rings. The highest BCUT2D eigenvalue weighted by Crippen LogP contribution is 2.25. The predicted molar refractivity (Wildman–Crippen MR) is 86.7 cm³/mol. The van der Waals surface area contributed by atoms with Crippen LogP contribution in [0.15, 0.2) is 53.5 Å². The molecule has 0 unspecified atom stereocenters. The van der Waals surface area contributed by atoms with Gasteiger partial charge in [0.15, 0.2) is 11.6 Å². The van der Waals surface area contributed by atoms with E-state index in [2.05, 4.69) is 9.98 Å². The maximum absolute atomic E-state index is 13.4. The molecule has 4 heteroatoms. The smallest absolute Gasteiger partial charge is 0.165 e. The summed E-state index contributed by atoms with van der Waals surface area (Å²) in [4.78, 5) is 8.98. The molecule has 0 aliphatic heterocycles. The van der Waals surface area contributed by atoms with Crippen LogP contribution in [0.2, 0.25) is 0 Å². The largest absolute Gasteiger partial charge is 0.494 e. The Labute approximate surface area is 128 Å². The van der Waals surface area contributed by atoms with E-state index in [0.717, 1.165) is 27.8 Å². The number of methoxy groups -OCH3 is 1. The summed E-state index contributed by atoms with van der Waals surface area (Å²) in [7, 11) is 1.44. The molecule has 0 N–H and O–H groups in total. The van der Waals surface area contributed by atoms with Crippen molar-refractivity contribution >= 4 is 22.8 Å². The highest BCUT2D eigenvalue weighted by atomic mass is 19.1. The Morgan fingerprint density at radius 1 is 1.14 bits per heavy atom. The number of aromatic nitrogens is 1. The van der Waals surface area contributed by atoms with Crippen LogP contribution < -0.4 is 4.74 Å². The van der Waals surface area contributed by atoms with Crippen molar-refractivity contribution in [3.05, 3.63) is 65.6 Å².